The van der Waals surface area contributed by atoms with Crippen LogP contribution in [0.4, 0.5) is 24.5 Å². The van der Waals surface area contributed by atoms with Gasteiger partial charge in [-0.05, 0) is 44.2 Å². The summed E-state index contributed by atoms with van der Waals surface area (Å²) >= 11 is 12.5. The number of hydrogen-bond acceptors (Lipinski definition) is 5. The highest BCUT2D eigenvalue weighted by Gasteiger charge is 2.64. The quantitative estimate of drug-likeness (QED) is 0.280. The third kappa shape index (κ3) is 3.82. The summed E-state index contributed by atoms with van der Waals surface area (Å²) in [7, 11) is 1.23. The number of carbonyl (C=O) groups is 2. The van der Waals surface area contributed by atoms with Crippen LogP contribution in [0, 0.1) is 0 Å². The Morgan fingerprint density at radius 3 is 2.44 bits per heavy atom. The number of nitrogens with one attached hydrogen (secondary N) is 1. The van der Waals surface area contributed by atoms with Crippen molar-refractivity contribution in [2.75, 3.05) is 17.3 Å². The van der Waals surface area contributed by atoms with E-state index in [1.807, 2.05) is 13.8 Å². The van der Waals surface area contributed by atoms with Crippen molar-refractivity contribution in [3.8, 4) is 17.1 Å². The Kier molecular flexibility index (Phi) is 6.09. The van der Waals surface area contributed by atoms with Gasteiger partial charge in [-0.1, -0.05) is 35.3 Å². The first kappa shape index (κ1) is 27.1. The Bertz CT molecular complexity index is 1770. The zero-order chi connectivity index (χ0) is 29.4. The van der Waals surface area contributed by atoms with E-state index in [2.05, 4.69) is 15.3 Å². The Balaban J connectivity index is 1.69. The van der Waals surface area contributed by atoms with Crippen LogP contribution in [0.2, 0.25) is 10.0 Å². The van der Waals surface area contributed by atoms with E-state index in [4.69, 9.17) is 27.9 Å². The molecule has 2 aliphatic rings. The Labute approximate surface area is 241 Å². The van der Waals surface area contributed by atoms with E-state index in [1.165, 1.54) is 12.0 Å². The van der Waals surface area contributed by atoms with E-state index in [9.17, 15) is 22.8 Å². The van der Waals surface area contributed by atoms with E-state index in [-0.39, 0.29) is 28.5 Å². The minimum Gasteiger partial charge on any atom is -0.496 e. The molecule has 1 spiro atoms. The number of benzene rings is 2. The Morgan fingerprint density at radius 1 is 1.05 bits per heavy atom. The summed E-state index contributed by atoms with van der Waals surface area (Å²) in [6.07, 6.45) is -3.70. The maximum Gasteiger partial charge on any atom is 0.433 e. The number of methoxy groups -OCH3 is 1. The van der Waals surface area contributed by atoms with Gasteiger partial charge in [-0.2, -0.15) is 13.2 Å². The molecule has 0 fully saturated rings. The van der Waals surface area contributed by atoms with Crippen LogP contribution >= 0.6 is 23.2 Å². The van der Waals surface area contributed by atoms with Gasteiger partial charge in [-0.3, -0.25) is 19.5 Å². The molecule has 2 amide bonds. The molecule has 13 heteroatoms. The molecule has 2 aromatic heterocycles. The van der Waals surface area contributed by atoms with Crippen LogP contribution in [-0.2, 0) is 16.5 Å². The summed E-state index contributed by atoms with van der Waals surface area (Å²) in [6, 6.07) is 11.7. The minimum atomic E-state index is -4.70. The van der Waals surface area contributed by atoms with Gasteiger partial charge < -0.3 is 14.6 Å². The molecule has 2 aromatic carbocycles. The largest absolute Gasteiger partial charge is 0.496 e. The number of ether oxygens (including phenoxy) is 1. The van der Waals surface area contributed by atoms with Gasteiger partial charge in [-0.15, -0.1) is 0 Å². The van der Waals surface area contributed by atoms with Crippen molar-refractivity contribution in [1.29, 1.82) is 0 Å². The van der Waals surface area contributed by atoms with Gasteiger partial charge in [0.1, 0.15) is 17.3 Å². The number of aromatic nitrogens is 3. The third-order valence-electron chi connectivity index (χ3n) is 7.14. The van der Waals surface area contributed by atoms with Crippen LogP contribution in [0.25, 0.3) is 11.4 Å². The fourth-order valence-corrected chi connectivity index (χ4v) is 5.92. The maximum absolute atomic E-state index is 14.3. The number of rotatable bonds is 4. The molecule has 41 heavy (non-hydrogen) atoms. The molecule has 0 bridgehead atoms. The van der Waals surface area contributed by atoms with Crippen LogP contribution in [-0.4, -0.2) is 33.5 Å². The zero-order valence-electron chi connectivity index (χ0n) is 21.7. The Morgan fingerprint density at radius 2 is 1.78 bits per heavy atom. The SMILES string of the molecule is COc1cc(C(F)(F)F)ncc1-c1nc2c(n1C(C)C)[C@@]1(C(=O)Nc3cc(Cl)ccc31)N(c1cccc(Cl)c1)C2=O. The molecule has 0 unspecified atom stereocenters. The van der Waals surface area contributed by atoms with Gasteiger partial charge in [0.15, 0.2) is 11.2 Å². The molecule has 4 heterocycles. The first-order valence-corrected chi connectivity index (χ1v) is 13.1. The second-order valence-corrected chi connectivity index (χ2v) is 10.7. The standard InChI is InChI=1S/C28H20Cl2F3N5O3/c1-13(2)37-23-22(36-24(37)17-12-34-21(28(31,32)33)11-20(17)41-3)25(39)38(16-6-4-5-14(29)9-16)27(23)18-8-7-15(30)10-19(18)35-26(27)40/h4-13H,1-3H3,(H,35,40)/t27-/m0/s1. The molecule has 210 valence electrons. The summed E-state index contributed by atoms with van der Waals surface area (Å²) in [5.74, 6) is -1.15. The lowest BCUT2D eigenvalue weighted by molar-refractivity contribution is -0.141. The van der Waals surface area contributed by atoms with Crippen molar-refractivity contribution < 1.29 is 27.5 Å². The number of alkyl halides is 3. The number of halogens is 5. The van der Waals surface area contributed by atoms with Crippen LogP contribution in [0.15, 0.2) is 54.7 Å². The molecule has 1 N–H and O–H groups in total. The van der Waals surface area contributed by atoms with E-state index in [1.54, 1.807) is 47.0 Å². The molecular formula is C28H20Cl2F3N5O3. The van der Waals surface area contributed by atoms with Gasteiger partial charge in [-0.25, -0.2) is 4.98 Å². The first-order valence-electron chi connectivity index (χ1n) is 12.4. The highest BCUT2D eigenvalue weighted by molar-refractivity contribution is 6.32. The normalized spacial score (nSPS) is 17.8. The number of anilines is 2. The number of hydrogen-bond donors (Lipinski definition) is 1. The van der Waals surface area contributed by atoms with Gasteiger partial charge in [0, 0.05) is 45.3 Å². The second kappa shape index (κ2) is 9.22. The van der Waals surface area contributed by atoms with Gasteiger partial charge >= 0.3 is 6.18 Å². The molecule has 6 rings (SSSR count). The van der Waals surface area contributed by atoms with Crippen LogP contribution < -0.4 is 15.0 Å². The number of imidazole rings is 1. The summed E-state index contributed by atoms with van der Waals surface area (Å²) < 4.78 is 47.2. The van der Waals surface area contributed by atoms with Crippen molar-refractivity contribution in [1.82, 2.24) is 14.5 Å². The first-order chi connectivity index (χ1) is 19.4. The monoisotopic (exact) mass is 601 g/mol. The predicted octanol–water partition coefficient (Wildman–Crippen LogP) is 6.72. The fourth-order valence-electron chi connectivity index (χ4n) is 5.57. The van der Waals surface area contributed by atoms with Crippen LogP contribution in [0.3, 0.4) is 0 Å². The third-order valence-corrected chi connectivity index (χ3v) is 7.61. The highest BCUT2D eigenvalue weighted by Crippen LogP contribution is 2.54. The zero-order valence-corrected chi connectivity index (χ0v) is 23.2. The summed E-state index contributed by atoms with van der Waals surface area (Å²) in [6.45, 7) is 3.62. The molecule has 0 saturated heterocycles. The van der Waals surface area contributed by atoms with Crippen molar-refractivity contribution in [3.05, 3.63) is 87.4 Å². The summed E-state index contributed by atoms with van der Waals surface area (Å²) in [5.41, 5.74) is -1.36. The molecule has 2 aliphatic heterocycles. The van der Waals surface area contributed by atoms with Crippen molar-refractivity contribution >= 4 is 46.4 Å². The molecular weight excluding hydrogens is 582 g/mol. The lowest BCUT2D eigenvalue weighted by Gasteiger charge is -2.35. The van der Waals surface area contributed by atoms with Crippen LogP contribution in [0.1, 0.15) is 47.3 Å². The second-order valence-electron chi connectivity index (χ2n) is 9.84. The number of pyridine rings is 1. The summed E-state index contributed by atoms with van der Waals surface area (Å²) in [4.78, 5) is 38.0. The summed E-state index contributed by atoms with van der Waals surface area (Å²) in [5, 5.41) is 3.57. The smallest absolute Gasteiger partial charge is 0.433 e. The van der Waals surface area contributed by atoms with Gasteiger partial charge in [0.2, 0.25) is 0 Å². The molecule has 0 saturated carbocycles. The number of carbonyl (C=O) groups excluding carboxylic acids is 2. The van der Waals surface area contributed by atoms with E-state index in [0.29, 0.717) is 27.0 Å². The fraction of sp³-hybridized carbons (Fsp3) is 0.214. The van der Waals surface area contributed by atoms with Gasteiger partial charge in [0.05, 0.1) is 18.4 Å². The number of fused-ring (bicyclic) bond motifs is 4. The molecule has 4 aromatic rings. The number of amides is 2. The molecule has 0 radical (unpaired) electrons. The highest BCUT2D eigenvalue weighted by atomic mass is 35.5. The molecule has 8 nitrogen and oxygen atoms in total. The minimum absolute atomic E-state index is 0.0476. The average Bonchev–Trinajstić information content (AvgIpc) is 3.51. The van der Waals surface area contributed by atoms with Crippen molar-refractivity contribution in [2.24, 2.45) is 0 Å². The van der Waals surface area contributed by atoms with Gasteiger partial charge in [0.25, 0.3) is 11.8 Å². The predicted molar refractivity (Wildman–Crippen MR) is 147 cm³/mol. The molecule has 1 atom stereocenters. The average molecular weight is 602 g/mol. The lowest BCUT2D eigenvalue weighted by atomic mass is 9.87. The maximum atomic E-state index is 14.3. The van der Waals surface area contributed by atoms with Crippen LogP contribution in [0.5, 0.6) is 5.75 Å². The van der Waals surface area contributed by atoms with E-state index >= 15 is 0 Å². The van der Waals surface area contributed by atoms with E-state index in [0.717, 1.165) is 12.3 Å². The van der Waals surface area contributed by atoms with Crippen molar-refractivity contribution in [3.63, 3.8) is 0 Å². The number of nitrogens with zero attached hydrogens (tertiary/aromatic N) is 4. The topological polar surface area (TPSA) is 89.3 Å². The lowest BCUT2D eigenvalue weighted by Crippen LogP contribution is -2.51. The molecule has 0 aliphatic carbocycles. The van der Waals surface area contributed by atoms with Crippen molar-refractivity contribution in [2.45, 2.75) is 31.6 Å². The Hall–Kier alpha value is -4.09. The van der Waals surface area contributed by atoms with E-state index < -0.39 is 35.3 Å².